The van der Waals surface area contributed by atoms with E-state index in [-0.39, 0.29) is 6.04 Å². The van der Waals surface area contributed by atoms with Gasteiger partial charge in [0.2, 0.25) is 5.82 Å². The van der Waals surface area contributed by atoms with E-state index < -0.39 is 0 Å². The van der Waals surface area contributed by atoms with Crippen LogP contribution in [0.1, 0.15) is 43.8 Å². The second-order valence-electron chi connectivity index (χ2n) is 7.15. The van der Waals surface area contributed by atoms with Crippen molar-refractivity contribution in [1.82, 2.24) is 20.4 Å². The van der Waals surface area contributed by atoms with E-state index in [0.717, 1.165) is 35.4 Å². The van der Waals surface area contributed by atoms with Gasteiger partial charge in [0, 0.05) is 22.8 Å². The zero-order valence-electron chi connectivity index (χ0n) is 17.1. The minimum absolute atomic E-state index is 0.201. The minimum Gasteiger partial charge on any atom is -0.351 e. The monoisotopic (exact) mass is 438 g/mol. The Morgan fingerprint density at radius 2 is 1.80 bits per heavy atom. The van der Waals surface area contributed by atoms with Crippen LogP contribution in [-0.2, 0) is 6.42 Å². The van der Waals surface area contributed by atoms with Crippen molar-refractivity contribution in [3.63, 3.8) is 0 Å². The van der Waals surface area contributed by atoms with Crippen LogP contribution in [0, 0.1) is 0 Å². The average molecular weight is 439 g/mol. The number of nitrogens with zero attached hydrogens (tertiary/aromatic N) is 3. The first kappa shape index (κ1) is 20.6. The first-order chi connectivity index (χ1) is 14.5. The van der Waals surface area contributed by atoms with Gasteiger partial charge < -0.3 is 14.7 Å². The van der Waals surface area contributed by atoms with E-state index in [1.807, 2.05) is 48.2 Å². The van der Waals surface area contributed by atoms with Gasteiger partial charge in [0.05, 0.1) is 11.6 Å². The summed E-state index contributed by atoms with van der Waals surface area (Å²) in [6.07, 6.45) is 0.991. The Morgan fingerprint density at radius 3 is 2.43 bits per heavy atom. The number of benzene rings is 2. The van der Waals surface area contributed by atoms with Crippen LogP contribution in [0.2, 0.25) is 5.02 Å². The number of hydrogen-bond donors (Lipinski definition) is 1. The second-order valence-corrected chi connectivity index (χ2v) is 7.97. The molecule has 0 amide bonds. The summed E-state index contributed by atoms with van der Waals surface area (Å²) in [7, 11) is 0. The van der Waals surface area contributed by atoms with Crippen molar-refractivity contribution >= 4 is 34.5 Å². The van der Waals surface area contributed by atoms with Crippen LogP contribution >= 0.6 is 23.8 Å². The lowest BCUT2D eigenvalue weighted by Crippen LogP contribution is -2.45. The number of aromatic nitrogens is 2. The van der Waals surface area contributed by atoms with Crippen molar-refractivity contribution < 1.29 is 4.52 Å². The van der Waals surface area contributed by atoms with Crippen molar-refractivity contribution in [2.45, 2.75) is 33.2 Å². The highest BCUT2D eigenvalue weighted by Gasteiger charge is 2.33. The third-order valence-corrected chi connectivity index (χ3v) is 5.98. The Bertz CT molecular complexity index is 1090. The maximum atomic E-state index is 6.09. The molecule has 0 radical (unpaired) electrons. The van der Waals surface area contributed by atoms with E-state index >= 15 is 0 Å². The van der Waals surface area contributed by atoms with Crippen molar-refractivity contribution in [1.29, 1.82) is 0 Å². The van der Waals surface area contributed by atoms with Crippen molar-refractivity contribution in [2.24, 2.45) is 0 Å². The summed E-state index contributed by atoms with van der Waals surface area (Å²) in [5, 5.41) is 9.03. The van der Waals surface area contributed by atoms with Gasteiger partial charge in [-0.3, -0.25) is 0 Å². The molecule has 0 bridgehead atoms. The maximum Gasteiger partial charge on any atom is 0.258 e. The molecule has 1 aromatic heterocycles. The summed E-state index contributed by atoms with van der Waals surface area (Å²) in [6, 6.07) is 15.7. The van der Waals surface area contributed by atoms with Crippen LogP contribution in [0.15, 0.2) is 58.8 Å². The fourth-order valence-corrected chi connectivity index (χ4v) is 4.19. The normalized spacial score (nSPS) is 16.7. The smallest absolute Gasteiger partial charge is 0.258 e. The standard InChI is InChI=1S/C23H23ClN4OS/c1-4-15-6-8-17(9-7-15)21-26-22(29-27-21)19-14(3)28(5-2)23(30)25-20(19)16-10-12-18(24)13-11-16/h6-13,20H,4-5H2,1-3H3,(H,25,30). The van der Waals surface area contributed by atoms with Gasteiger partial charge in [0.15, 0.2) is 5.11 Å². The number of thiocarbonyl (C=S) groups is 1. The van der Waals surface area contributed by atoms with Gasteiger partial charge >= 0.3 is 0 Å². The molecule has 5 nitrogen and oxygen atoms in total. The molecule has 0 saturated carbocycles. The lowest BCUT2D eigenvalue weighted by molar-refractivity contribution is 0.398. The first-order valence-electron chi connectivity index (χ1n) is 9.99. The second kappa shape index (κ2) is 8.58. The number of halogens is 1. The van der Waals surface area contributed by atoms with Gasteiger partial charge in [-0.1, -0.05) is 60.1 Å². The molecule has 1 aliphatic rings. The van der Waals surface area contributed by atoms with Crippen LogP contribution in [0.25, 0.3) is 17.0 Å². The Hall–Kier alpha value is -2.70. The SMILES string of the molecule is CCc1ccc(-c2noc(C3=C(C)N(CC)C(=S)NC3c3ccc(Cl)cc3)n2)cc1. The molecule has 0 spiro atoms. The predicted molar refractivity (Wildman–Crippen MR) is 124 cm³/mol. The topological polar surface area (TPSA) is 54.2 Å². The molecule has 1 N–H and O–H groups in total. The van der Waals surface area contributed by atoms with Gasteiger partial charge in [-0.25, -0.2) is 0 Å². The molecular formula is C23H23ClN4OS. The molecule has 154 valence electrons. The first-order valence-corrected chi connectivity index (χ1v) is 10.8. The summed E-state index contributed by atoms with van der Waals surface area (Å²) in [5.74, 6) is 1.05. The lowest BCUT2D eigenvalue weighted by Gasteiger charge is -2.36. The molecule has 2 heterocycles. The summed E-state index contributed by atoms with van der Waals surface area (Å²) in [6.45, 7) is 6.97. The van der Waals surface area contributed by atoms with Crippen LogP contribution in [-0.4, -0.2) is 26.7 Å². The number of rotatable bonds is 5. The van der Waals surface area contributed by atoms with Crippen LogP contribution in [0.4, 0.5) is 0 Å². The fraction of sp³-hybridized carbons (Fsp3) is 0.261. The van der Waals surface area contributed by atoms with Crippen LogP contribution in [0.3, 0.4) is 0 Å². The van der Waals surface area contributed by atoms with E-state index in [9.17, 15) is 0 Å². The van der Waals surface area contributed by atoms with Crippen LogP contribution in [0.5, 0.6) is 0 Å². The van der Waals surface area contributed by atoms with E-state index in [1.165, 1.54) is 5.56 Å². The highest BCUT2D eigenvalue weighted by molar-refractivity contribution is 7.80. The molecule has 1 atom stereocenters. The third kappa shape index (κ3) is 3.85. The summed E-state index contributed by atoms with van der Waals surface area (Å²) in [4.78, 5) is 6.76. The van der Waals surface area contributed by atoms with Crippen molar-refractivity contribution in [2.75, 3.05) is 6.54 Å². The molecule has 0 saturated heterocycles. The highest BCUT2D eigenvalue weighted by Crippen LogP contribution is 2.37. The van der Waals surface area contributed by atoms with Crippen LogP contribution < -0.4 is 5.32 Å². The Balaban J connectivity index is 1.78. The van der Waals surface area contributed by atoms with Gasteiger partial charge in [-0.2, -0.15) is 4.98 Å². The average Bonchev–Trinajstić information content (AvgIpc) is 3.24. The Kier molecular flexibility index (Phi) is 5.88. The molecule has 0 aliphatic carbocycles. The van der Waals surface area contributed by atoms with E-state index in [4.69, 9.17) is 33.3 Å². The molecule has 30 heavy (non-hydrogen) atoms. The molecule has 7 heteroatoms. The van der Waals surface area contributed by atoms with Gasteiger partial charge in [0.1, 0.15) is 0 Å². The number of hydrogen-bond acceptors (Lipinski definition) is 4. The highest BCUT2D eigenvalue weighted by atomic mass is 35.5. The molecule has 1 aliphatic heterocycles. The molecule has 0 fully saturated rings. The zero-order chi connectivity index (χ0) is 21.3. The number of nitrogens with one attached hydrogen (secondary N) is 1. The fourth-order valence-electron chi connectivity index (χ4n) is 3.68. The summed E-state index contributed by atoms with van der Waals surface area (Å²) in [5.41, 5.74) is 5.14. The summed E-state index contributed by atoms with van der Waals surface area (Å²) < 4.78 is 5.73. The van der Waals surface area contributed by atoms with E-state index in [1.54, 1.807) is 0 Å². The van der Waals surface area contributed by atoms with Gasteiger partial charge in [0.25, 0.3) is 5.89 Å². The third-order valence-electron chi connectivity index (χ3n) is 5.39. The minimum atomic E-state index is -0.201. The molecular weight excluding hydrogens is 416 g/mol. The molecule has 2 aromatic carbocycles. The summed E-state index contributed by atoms with van der Waals surface area (Å²) >= 11 is 11.7. The Morgan fingerprint density at radius 1 is 1.10 bits per heavy atom. The molecule has 1 unspecified atom stereocenters. The lowest BCUT2D eigenvalue weighted by atomic mass is 9.95. The van der Waals surface area contributed by atoms with Gasteiger partial charge in [-0.05, 0) is 55.7 Å². The number of allylic oxidation sites excluding steroid dienone is 1. The van der Waals surface area contributed by atoms with E-state index in [2.05, 4.69) is 36.5 Å². The largest absolute Gasteiger partial charge is 0.351 e. The number of aryl methyl sites for hydroxylation is 1. The quantitative estimate of drug-likeness (QED) is 0.520. The van der Waals surface area contributed by atoms with Gasteiger partial charge in [-0.15, -0.1) is 0 Å². The maximum absolute atomic E-state index is 6.09. The Labute approximate surface area is 186 Å². The predicted octanol–water partition coefficient (Wildman–Crippen LogP) is 5.63. The van der Waals surface area contributed by atoms with Crippen molar-refractivity contribution in [3.8, 4) is 11.4 Å². The van der Waals surface area contributed by atoms with E-state index in [0.29, 0.717) is 21.9 Å². The molecule has 3 aromatic rings. The van der Waals surface area contributed by atoms with Crippen molar-refractivity contribution in [3.05, 3.63) is 76.3 Å². The molecule has 4 rings (SSSR count). The zero-order valence-corrected chi connectivity index (χ0v) is 18.7.